The normalized spacial score (nSPS) is 22.1. The first-order chi connectivity index (χ1) is 15.2. The fourth-order valence-electron chi connectivity index (χ4n) is 4.96. The van der Waals surface area contributed by atoms with Crippen molar-refractivity contribution in [3.63, 3.8) is 0 Å². The molecule has 2 aliphatic rings. The van der Waals surface area contributed by atoms with Gasteiger partial charge < -0.3 is 10.2 Å². The number of aromatic nitrogens is 4. The van der Waals surface area contributed by atoms with Crippen LogP contribution in [0.1, 0.15) is 34.2 Å². The highest BCUT2D eigenvalue weighted by atomic mass is 16.2. The highest BCUT2D eigenvalue weighted by Gasteiger charge is 2.59. The lowest BCUT2D eigenvalue weighted by atomic mass is 9.72. The lowest BCUT2D eigenvalue weighted by Crippen LogP contribution is -2.42. The smallest absolute Gasteiger partial charge is 0.294 e. The minimum atomic E-state index is -0.856. The van der Waals surface area contributed by atoms with Crippen LogP contribution in [0.3, 0.4) is 0 Å². The molecule has 4 aromatic rings. The van der Waals surface area contributed by atoms with Gasteiger partial charge in [0.25, 0.3) is 11.7 Å². The molecular weight excluding hydrogens is 392 g/mol. The van der Waals surface area contributed by atoms with Crippen molar-refractivity contribution in [2.45, 2.75) is 17.9 Å². The largest absolute Gasteiger partial charge is 0.327 e. The maximum atomic E-state index is 13.6. The first-order valence-electron chi connectivity index (χ1n) is 10.1. The minimum absolute atomic E-state index is 0.0726. The van der Waals surface area contributed by atoms with E-state index >= 15 is 0 Å². The van der Waals surface area contributed by atoms with E-state index in [9.17, 15) is 9.59 Å². The number of benzene rings is 2. The van der Waals surface area contributed by atoms with Gasteiger partial charge in [0.05, 0.1) is 6.04 Å². The fourth-order valence-corrected chi connectivity index (χ4v) is 4.96. The molecule has 2 atom stereocenters. The fraction of sp³-hybridized carbons (Fsp3) is 0.174. The van der Waals surface area contributed by atoms with E-state index in [-0.39, 0.29) is 17.6 Å². The summed E-state index contributed by atoms with van der Waals surface area (Å²) < 4.78 is 1.48. The number of nitrogens with zero attached hydrogens (tertiary/aromatic N) is 5. The van der Waals surface area contributed by atoms with Crippen LogP contribution in [0.4, 0.5) is 5.69 Å². The molecule has 2 aliphatic heterocycles. The van der Waals surface area contributed by atoms with E-state index in [2.05, 4.69) is 20.4 Å². The van der Waals surface area contributed by atoms with Gasteiger partial charge in [-0.1, -0.05) is 48.5 Å². The second-order valence-corrected chi connectivity index (χ2v) is 7.83. The van der Waals surface area contributed by atoms with Crippen molar-refractivity contribution in [3.8, 4) is 0 Å². The van der Waals surface area contributed by atoms with Crippen LogP contribution in [0.2, 0.25) is 0 Å². The van der Waals surface area contributed by atoms with Gasteiger partial charge >= 0.3 is 0 Å². The third-order valence-corrected chi connectivity index (χ3v) is 6.27. The van der Waals surface area contributed by atoms with Gasteiger partial charge in [-0.2, -0.15) is 4.98 Å². The summed E-state index contributed by atoms with van der Waals surface area (Å²) >= 11 is 0. The molecule has 6 rings (SSSR count). The lowest BCUT2D eigenvalue weighted by Gasteiger charge is -2.34. The SMILES string of the molecule is O=C(c1nc2ncccn2n1)N1CCC2(C(=O)Nc3ccccc32)C1c1ccccc1. The van der Waals surface area contributed by atoms with E-state index in [1.807, 2.05) is 54.6 Å². The van der Waals surface area contributed by atoms with E-state index in [4.69, 9.17) is 0 Å². The Morgan fingerprint density at radius 3 is 2.71 bits per heavy atom. The average Bonchev–Trinajstić information content (AvgIpc) is 3.49. The van der Waals surface area contributed by atoms with Gasteiger partial charge in [0.1, 0.15) is 5.41 Å². The molecule has 8 nitrogen and oxygen atoms in total. The molecule has 1 fully saturated rings. The number of rotatable bonds is 2. The van der Waals surface area contributed by atoms with Crippen LogP contribution >= 0.6 is 0 Å². The Balaban J connectivity index is 1.50. The number of carbonyl (C=O) groups is 2. The second-order valence-electron chi connectivity index (χ2n) is 7.83. The zero-order valence-electron chi connectivity index (χ0n) is 16.5. The van der Waals surface area contributed by atoms with Crippen molar-refractivity contribution in [2.24, 2.45) is 0 Å². The summed E-state index contributed by atoms with van der Waals surface area (Å²) in [5, 5.41) is 7.34. The zero-order valence-corrected chi connectivity index (χ0v) is 16.5. The number of fused-ring (bicyclic) bond motifs is 3. The molecule has 0 aliphatic carbocycles. The number of amides is 2. The Labute approximate surface area is 177 Å². The van der Waals surface area contributed by atoms with Crippen molar-refractivity contribution < 1.29 is 9.59 Å². The molecular formula is C23H18N6O2. The molecule has 2 amide bonds. The Hall–Kier alpha value is -4.07. The average molecular weight is 410 g/mol. The Morgan fingerprint density at radius 2 is 1.87 bits per heavy atom. The molecule has 0 radical (unpaired) electrons. The van der Waals surface area contributed by atoms with Crippen LogP contribution in [0, 0.1) is 0 Å². The molecule has 8 heteroatoms. The van der Waals surface area contributed by atoms with E-state index in [0.29, 0.717) is 18.7 Å². The van der Waals surface area contributed by atoms with E-state index in [1.54, 1.807) is 23.4 Å². The number of carbonyl (C=O) groups excluding carboxylic acids is 2. The van der Waals surface area contributed by atoms with Gasteiger partial charge in [0.2, 0.25) is 11.7 Å². The summed E-state index contributed by atoms with van der Waals surface area (Å²) in [5.74, 6) is 0.0410. The number of hydrogen-bond acceptors (Lipinski definition) is 5. The molecule has 2 unspecified atom stereocenters. The second kappa shape index (κ2) is 6.46. The van der Waals surface area contributed by atoms with Crippen molar-refractivity contribution in [1.82, 2.24) is 24.5 Å². The van der Waals surface area contributed by atoms with E-state index < -0.39 is 11.5 Å². The summed E-state index contributed by atoms with van der Waals surface area (Å²) in [5.41, 5.74) is 1.78. The summed E-state index contributed by atoms with van der Waals surface area (Å²) in [4.78, 5) is 37.2. The van der Waals surface area contributed by atoms with Crippen molar-refractivity contribution in [2.75, 3.05) is 11.9 Å². The van der Waals surface area contributed by atoms with Crippen LogP contribution in [-0.2, 0) is 10.2 Å². The molecule has 1 spiro atoms. The molecule has 2 aromatic carbocycles. The third-order valence-electron chi connectivity index (χ3n) is 6.27. The predicted octanol–water partition coefficient (Wildman–Crippen LogP) is 2.60. The van der Waals surface area contributed by atoms with Crippen LogP contribution < -0.4 is 5.32 Å². The maximum absolute atomic E-state index is 13.6. The van der Waals surface area contributed by atoms with Gasteiger partial charge in [-0.3, -0.25) is 9.59 Å². The molecule has 2 aromatic heterocycles. The van der Waals surface area contributed by atoms with Gasteiger partial charge in [-0.05, 0) is 29.7 Å². The van der Waals surface area contributed by atoms with Crippen molar-refractivity contribution in [1.29, 1.82) is 0 Å². The first-order valence-corrected chi connectivity index (χ1v) is 10.1. The van der Waals surface area contributed by atoms with E-state index in [0.717, 1.165) is 16.8 Å². The molecule has 0 saturated carbocycles. The lowest BCUT2D eigenvalue weighted by molar-refractivity contribution is -0.121. The number of anilines is 1. The van der Waals surface area contributed by atoms with Crippen LogP contribution in [-0.4, -0.2) is 42.8 Å². The molecule has 1 N–H and O–H groups in total. The minimum Gasteiger partial charge on any atom is -0.327 e. The summed E-state index contributed by atoms with van der Waals surface area (Å²) in [6, 6.07) is 18.7. The number of hydrogen-bond donors (Lipinski definition) is 1. The molecule has 0 bridgehead atoms. The van der Waals surface area contributed by atoms with Crippen LogP contribution in [0.5, 0.6) is 0 Å². The molecule has 152 valence electrons. The zero-order chi connectivity index (χ0) is 21.0. The Morgan fingerprint density at radius 1 is 1.06 bits per heavy atom. The van der Waals surface area contributed by atoms with Gasteiger partial charge in [-0.25, -0.2) is 9.50 Å². The number of likely N-dealkylation sites (tertiary alicyclic amines) is 1. The summed E-state index contributed by atoms with van der Waals surface area (Å²) in [7, 11) is 0. The summed E-state index contributed by atoms with van der Waals surface area (Å²) in [6.45, 7) is 0.420. The topological polar surface area (TPSA) is 92.5 Å². The Bertz CT molecular complexity index is 1300. The third kappa shape index (κ3) is 2.44. The molecule has 31 heavy (non-hydrogen) atoms. The quantitative estimate of drug-likeness (QED) is 0.548. The predicted molar refractivity (Wildman–Crippen MR) is 112 cm³/mol. The van der Waals surface area contributed by atoms with Gasteiger partial charge in [0.15, 0.2) is 0 Å². The van der Waals surface area contributed by atoms with Gasteiger partial charge in [0, 0.05) is 24.6 Å². The van der Waals surface area contributed by atoms with Crippen LogP contribution in [0.15, 0.2) is 73.1 Å². The van der Waals surface area contributed by atoms with E-state index in [1.165, 1.54) is 4.52 Å². The Kier molecular flexibility index (Phi) is 3.70. The highest BCUT2D eigenvalue weighted by Crippen LogP contribution is 2.54. The van der Waals surface area contributed by atoms with Crippen molar-refractivity contribution in [3.05, 3.63) is 90.0 Å². The molecule has 4 heterocycles. The van der Waals surface area contributed by atoms with Crippen molar-refractivity contribution >= 4 is 23.3 Å². The standard InChI is InChI=1S/C23H18N6O2/c30-20(19-26-22-24-12-6-13-29(22)27-19)28-14-11-23(18(28)15-7-2-1-3-8-15)16-9-4-5-10-17(16)25-21(23)31/h1-10,12-13,18H,11,14H2,(H,25,31). The first kappa shape index (κ1) is 17.8. The molecule has 1 saturated heterocycles. The number of nitrogens with one attached hydrogen (secondary N) is 1. The highest BCUT2D eigenvalue weighted by molar-refractivity contribution is 6.08. The van der Waals surface area contributed by atoms with Gasteiger partial charge in [-0.15, -0.1) is 5.10 Å². The number of para-hydroxylation sites is 1. The summed E-state index contributed by atoms with van der Waals surface area (Å²) in [6.07, 6.45) is 3.83. The van der Waals surface area contributed by atoms with Crippen LogP contribution in [0.25, 0.3) is 5.78 Å². The monoisotopic (exact) mass is 410 g/mol. The maximum Gasteiger partial charge on any atom is 0.294 e.